The largest absolute Gasteiger partial charge is 0.455 e. The molecule has 92 valence electrons. The van der Waals surface area contributed by atoms with Crippen LogP contribution < -0.4 is 5.32 Å². The van der Waals surface area contributed by atoms with E-state index in [1.165, 1.54) is 18.8 Å². The summed E-state index contributed by atoms with van der Waals surface area (Å²) >= 11 is 4.70. The molecule has 0 atom stereocenters. The van der Waals surface area contributed by atoms with Gasteiger partial charge in [-0.2, -0.15) is 0 Å². The average molecular weight is 318 g/mol. The van der Waals surface area contributed by atoms with Gasteiger partial charge in [0.15, 0.2) is 6.61 Å². The van der Waals surface area contributed by atoms with E-state index in [9.17, 15) is 9.59 Å². The van der Waals surface area contributed by atoms with Crippen LogP contribution in [0, 0.1) is 0 Å². The normalized spacial score (nSPS) is 9.76. The second kappa shape index (κ2) is 7.34. The topological polar surface area (TPSA) is 55.4 Å². The number of halogens is 1. The van der Waals surface area contributed by atoms with Crippen LogP contribution in [0.4, 0.5) is 0 Å². The number of hydrogen-bond acceptors (Lipinski definition) is 4. The van der Waals surface area contributed by atoms with Crippen molar-refractivity contribution in [1.29, 1.82) is 0 Å². The highest BCUT2D eigenvalue weighted by molar-refractivity contribution is 9.10. The molecule has 0 fully saturated rings. The molecule has 1 aromatic carbocycles. The number of likely N-dealkylation sites (N-methyl/N-ethyl adjacent to an activating group) is 1. The third-order valence-corrected chi connectivity index (χ3v) is 3.33. The van der Waals surface area contributed by atoms with Crippen molar-refractivity contribution in [2.75, 3.05) is 19.4 Å². The first-order valence-electron chi connectivity index (χ1n) is 4.86. The number of rotatable bonds is 5. The van der Waals surface area contributed by atoms with E-state index in [-0.39, 0.29) is 18.3 Å². The van der Waals surface area contributed by atoms with Gasteiger partial charge in [-0.15, -0.1) is 11.8 Å². The van der Waals surface area contributed by atoms with Gasteiger partial charge in [-0.25, -0.2) is 0 Å². The predicted molar refractivity (Wildman–Crippen MR) is 69.9 cm³/mol. The molecule has 0 saturated carbocycles. The Morgan fingerprint density at radius 2 is 2.00 bits per heavy atom. The molecule has 0 radical (unpaired) electrons. The Kier molecular flexibility index (Phi) is 6.07. The maximum atomic E-state index is 11.3. The third kappa shape index (κ3) is 5.74. The Hall–Kier alpha value is -1.01. The van der Waals surface area contributed by atoms with Gasteiger partial charge in [0, 0.05) is 16.4 Å². The lowest BCUT2D eigenvalue weighted by Gasteiger charge is -2.03. The van der Waals surface area contributed by atoms with Gasteiger partial charge in [0.1, 0.15) is 0 Å². The van der Waals surface area contributed by atoms with Gasteiger partial charge in [0.05, 0.1) is 5.75 Å². The maximum Gasteiger partial charge on any atom is 0.316 e. The van der Waals surface area contributed by atoms with Crippen LogP contribution in [0.25, 0.3) is 0 Å². The monoisotopic (exact) mass is 317 g/mol. The highest BCUT2D eigenvalue weighted by Gasteiger charge is 2.06. The SMILES string of the molecule is CNC(=O)COC(=O)CSc1ccc(Br)cc1. The zero-order valence-electron chi connectivity index (χ0n) is 9.23. The van der Waals surface area contributed by atoms with Gasteiger partial charge in [-0.1, -0.05) is 15.9 Å². The summed E-state index contributed by atoms with van der Waals surface area (Å²) in [5.41, 5.74) is 0. The first-order chi connectivity index (χ1) is 8.11. The molecule has 0 aliphatic heterocycles. The summed E-state index contributed by atoms with van der Waals surface area (Å²) in [5, 5.41) is 2.37. The molecule has 0 aromatic heterocycles. The Labute approximate surface area is 112 Å². The molecule has 1 rings (SSSR count). The lowest BCUT2D eigenvalue weighted by atomic mass is 10.4. The van der Waals surface area contributed by atoms with E-state index in [0.29, 0.717) is 0 Å². The number of esters is 1. The number of benzene rings is 1. The van der Waals surface area contributed by atoms with Gasteiger partial charge in [-0.3, -0.25) is 9.59 Å². The Morgan fingerprint density at radius 3 is 2.59 bits per heavy atom. The summed E-state index contributed by atoms with van der Waals surface area (Å²) < 4.78 is 5.75. The number of hydrogen-bond donors (Lipinski definition) is 1. The fraction of sp³-hybridized carbons (Fsp3) is 0.273. The predicted octanol–water partition coefficient (Wildman–Crippen LogP) is 1.83. The van der Waals surface area contributed by atoms with E-state index in [1.54, 1.807) is 0 Å². The molecule has 0 aliphatic rings. The van der Waals surface area contributed by atoms with Crippen LogP contribution in [-0.2, 0) is 14.3 Å². The van der Waals surface area contributed by atoms with Crippen molar-refractivity contribution in [3.05, 3.63) is 28.7 Å². The Bertz CT molecular complexity index is 394. The summed E-state index contributed by atoms with van der Waals surface area (Å²) in [5.74, 6) is -0.521. The lowest BCUT2D eigenvalue weighted by Crippen LogP contribution is -2.25. The van der Waals surface area contributed by atoms with Gasteiger partial charge >= 0.3 is 5.97 Å². The van der Waals surface area contributed by atoms with Crippen LogP contribution in [0.2, 0.25) is 0 Å². The van der Waals surface area contributed by atoms with Crippen molar-refractivity contribution in [3.8, 4) is 0 Å². The van der Waals surface area contributed by atoms with Crippen LogP contribution in [0.3, 0.4) is 0 Å². The average Bonchev–Trinajstić information content (AvgIpc) is 2.35. The second-order valence-corrected chi connectivity index (χ2v) is 5.04. The number of amides is 1. The quantitative estimate of drug-likeness (QED) is 0.665. The maximum absolute atomic E-state index is 11.3. The summed E-state index contributed by atoms with van der Waals surface area (Å²) in [7, 11) is 1.49. The molecule has 0 aliphatic carbocycles. The van der Waals surface area contributed by atoms with E-state index in [4.69, 9.17) is 4.74 Å². The lowest BCUT2D eigenvalue weighted by molar-refractivity contribution is -0.145. The number of ether oxygens (including phenoxy) is 1. The van der Waals surface area contributed by atoms with Crippen molar-refractivity contribution < 1.29 is 14.3 Å². The van der Waals surface area contributed by atoms with Crippen molar-refractivity contribution in [1.82, 2.24) is 5.32 Å². The van der Waals surface area contributed by atoms with Crippen LogP contribution in [0.1, 0.15) is 0 Å². The molecule has 1 amide bonds. The van der Waals surface area contributed by atoms with E-state index < -0.39 is 5.97 Å². The molecular weight excluding hydrogens is 306 g/mol. The minimum Gasteiger partial charge on any atom is -0.455 e. The second-order valence-electron chi connectivity index (χ2n) is 3.08. The van der Waals surface area contributed by atoms with Gasteiger partial charge in [0.25, 0.3) is 5.91 Å². The Morgan fingerprint density at radius 1 is 1.35 bits per heavy atom. The number of thioether (sulfide) groups is 1. The minimum atomic E-state index is -0.401. The first-order valence-corrected chi connectivity index (χ1v) is 6.64. The van der Waals surface area contributed by atoms with Crippen LogP contribution >= 0.6 is 27.7 Å². The molecule has 0 saturated heterocycles. The molecule has 1 N–H and O–H groups in total. The number of carbonyl (C=O) groups excluding carboxylic acids is 2. The molecule has 0 heterocycles. The summed E-state index contributed by atoms with van der Waals surface area (Å²) in [6, 6.07) is 7.61. The van der Waals surface area contributed by atoms with Crippen molar-refractivity contribution in [2.45, 2.75) is 4.90 Å². The smallest absolute Gasteiger partial charge is 0.316 e. The van der Waals surface area contributed by atoms with Crippen molar-refractivity contribution >= 4 is 39.6 Å². The highest BCUT2D eigenvalue weighted by atomic mass is 79.9. The molecular formula is C11H12BrNO3S. The van der Waals surface area contributed by atoms with E-state index >= 15 is 0 Å². The summed E-state index contributed by atoms with van der Waals surface area (Å²) in [6.45, 7) is -0.226. The van der Waals surface area contributed by atoms with Crippen LogP contribution in [0.15, 0.2) is 33.6 Å². The molecule has 17 heavy (non-hydrogen) atoms. The minimum absolute atomic E-state index is 0.193. The van der Waals surface area contributed by atoms with E-state index in [2.05, 4.69) is 21.2 Å². The molecule has 0 bridgehead atoms. The van der Waals surface area contributed by atoms with Crippen molar-refractivity contribution in [3.63, 3.8) is 0 Å². The zero-order chi connectivity index (χ0) is 12.7. The van der Waals surface area contributed by atoms with Gasteiger partial charge in [-0.05, 0) is 24.3 Å². The summed E-state index contributed by atoms with van der Waals surface area (Å²) in [4.78, 5) is 23.1. The molecule has 4 nitrogen and oxygen atoms in total. The molecule has 1 aromatic rings. The van der Waals surface area contributed by atoms with E-state index in [0.717, 1.165) is 9.37 Å². The zero-order valence-corrected chi connectivity index (χ0v) is 11.6. The standard InChI is InChI=1S/C11H12BrNO3S/c1-13-10(14)6-16-11(15)7-17-9-4-2-8(12)3-5-9/h2-5H,6-7H2,1H3,(H,13,14). The van der Waals surface area contributed by atoms with Gasteiger partial charge < -0.3 is 10.1 Å². The molecule has 0 spiro atoms. The molecule has 0 unspecified atom stereocenters. The van der Waals surface area contributed by atoms with Gasteiger partial charge in [0.2, 0.25) is 0 Å². The number of carbonyl (C=O) groups is 2. The fourth-order valence-corrected chi connectivity index (χ4v) is 1.89. The first kappa shape index (κ1) is 14.1. The Balaban J connectivity index is 2.28. The third-order valence-electron chi connectivity index (χ3n) is 1.81. The van der Waals surface area contributed by atoms with Crippen LogP contribution in [0.5, 0.6) is 0 Å². The van der Waals surface area contributed by atoms with Crippen LogP contribution in [-0.4, -0.2) is 31.3 Å². The summed E-state index contributed by atoms with van der Waals surface area (Å²) in [6.07, 6.45) is 0. The van der Waals surface area contributed by atoms with Crippen molar-refractivity contribution in [2.24, 2.45) is 0 Å². The molecule has 6 heteroatoms. The fourth-order valence-electron chi connectivity index (χ4n) is 0.933. The van der Waals surface area contributed by atoms with E-state index in [1.807, 2.05) is 24.3 Å². The highest BCUT2D eigenvalue weighted by Crippen LogP contribution is 2.20. The number of nitrogens with one attached hydrogen (secondary N) is 1.